The third-order valence-corrected chi connectivity index (χ3v) is 2.54. The van der Waals surface area contributed by atoms with Gasteiger partial charge < -0.3 is 16.0 Å². The molecule has 8 heteroatoms. The van der Waals surface area contributed by atoms with E-state index in [0.29, 0.717) is 13.1 Å². The molecule has 1 rings (SSSR count). The maximum atomic E-state index is 10.5. The maximum Gasteiger partial charge on any atom is 0.269 e. The minimum absolute atomic E-state index is 0. The van der Waals surface area contributed by atoms with Crippen molar-refractivity contribution in [3.05, 3.63) is 34.4 Å². The molecule has 0 bridgehead atoms. The van der Waals surface area contributed by atoms with E-state index in [1.807, 2.05) is 0 Å². The number of hydrogen-bond donors (Lipinski definition) is 3. The van der Waals surface area contributed by atoms with Crippen LogP contribution in [0.25, 0.3) is 0 Å². The van der Waals surface area contributed by atoms with E-state index in [-0.39, 0.29) is 35.2 Å². The van der Waals surface area contributed by atoms with E-state index in [4.69, 9.17) is 0 Å². The third kappa shape index (κ3) is 8.01. The van der Waals surface area contributed by atoms with Gasteiger partial charge in [0.25, 0.3) is 5.69 Å². The summed E-state index contributed by atoms with van der Waals surface area (Å²) in [6.45, 7) is 7.56. The molecule has 0 amide bonds. The zero-order valence-corrected chi connectivity index (χ0v) is 15.7. The molecule has 0 fully saturated rings. The topological polar surface area (TPSA) is 91.6 Å². The number of nitrogens with zero attached hydrogens (tertiary/aromatic N) is 2. The Morgan fingerprint density at radius 1 is 1.23 bits per heavy atom. The quantitative estimate of drug-likeness (QED) is 0.170. The normalized spacial score (nSPS) is 11.4. The number of non-ortho nitro benzene ring substituents is 1. The first-order valence-electron chi connectivity index (χ1n) is 6.79. The summed E-state index contributed by atoms with van der Waals surface area (Å²) in [6.07, 6.45) is 0. The van der Waals surface area contributed by atoms with Gasteiger partial charge in [-0.15, -0.1) is 24.0 Å². The van der Waals surface area contributed by atoms with Gasteiger partial charge in [-0.25, -0.2) is 0 Å². The smallest absolute Gasteiger partial charge is 0.269 e. The van der Waals surface area contributed by atoms with E-state index >= 15 is 0 Å². The fourth-order valence-electron chi connectivity index (χ4n) is 1.62. The van der Waals surface area contributed by atoms with Gasteiger partial charge in [0.2, 0.25) is 0 Å². The van der Waals surface area contributed by atoms with Crippen LogP contribution in [0.15, 0.2) is 29.3 Å². The van der Waals surface area contributed by atoms with E-state index < -0.39 is 4.92 Å². The van der Waals surface area contributed by atoms with Crippen LogP contribution in [-0.4, -0.2) is 36.6 Å². The Balaban J connectivity index is 0.00000441. The van der Waals surface area contributed by atoms with Crippen LogP contribution in [0.1, 0.15) is 20.8 Å². The van der Waals surface area contributed by atoms with Crippen molar-refractivity contribution in [2.45, 2.75) is 26.3 Å². The summed E-state index contributed by atoms with van der Waals surface area (Å²) < 4.78 is 0. The van der Waals surface area contributed by atoms with Gasteiger partial charge in [0.1, 0.15) is 0 Å². The van der Waals surface area contributed by atoms with Gasteiger partial charge in [0.05, 0.1) is 4.92 Å². The average molecular weight is 421 g/mol. The molecule has 0 unspecified atom stereocenters. The average Bonchev–Trinajstić information content (AvgIpc) is 2.41. The van der Waals surface area contributed by atoms with Crippen molar-refractivity contribution in [1.82, 2.24) is 10.6 Å². The van der Waals surface area contributed by atoms with Crippen molar-refractivity contribution in [3.63, 3.8) is 0 Å². The standard InChI is InChI=1S/C14H23N5O2.HI/c1-14(2,3)18-13(15-4)17-10-9-16-11-5-7-12(8-6-11)19(20)21;/h5-8,16H,9-10H2,1-4H3,(H2,15,17,18);1H. The molecule has 0 heterocycles. The highest BCUT2D eigenvalue weighted by Gasteiger charge is 2.11. The molecule has 0 spiro atoms. The van der Waals surface area contributed by atoms with Crippen molar-refractivity contribution in [1.29, 1.82) is 0 Å². The fourth-order valence-corrected chi connectivity index (χ4v) is 1.62. The lowest BCUT2D eigenvalue weighted by atomic mass is 10.1. The minimum Gasteiger partial charge on any atom is -0.383 e. The predicted octanol–water partition coefficient (Wildman–Crippen LogP) is 2.59. The molecular weight excluding hydrogens is 397 g/mol. The Morgan fingerprint density at radius 2 is 1.82 bits per heavy atom. The monoisotopic (exact) mass is 421 g/mol. The molecule has 0 atom stereocenters. The summed E-state index contributed by atoms with van der Waals surface area (Å²) in [5.74, 6) is 0.744. The van der Waals surface area contributed by atoms with E-state index in [1.165, 1.54) is 12.1 Å². The molecule has 22 heavy (non-hydrogen) atoms. The molecule has 1 aromatic carbocycles. The molecule has 1 aromatic rings. The molecule has 3 N–H and O–H groups in total. The summed E-state index contributed by atoms with van der Waals surface area (Å²) in [4.78, 5) is 14.3. The van der Waals surface area contributed by atoms with E-state index in [0.717, 1.165) is 11.6 Å². The summed E-state index contributed by atoms with van der Waals surface area (Å²) in [5.41, 5.74) is 0.891. The summed E-state index contributed by atoms with van der Waals surface area (Å²) >= 11 is 0. The number of anilines is 1. The number of aliphatic imine (C=N–C) groups is 1. The molecule has 0 radical (unpaired) electrons. The first kappa shape index (κ1) is 20.4. The number of nitrogens with one attached hydrogen (secondary N) is 3. The van der Waals surface area contributed by atoms with Gasteiger partial charge in [-0.3, -0.25) is 15.1 Å². The number of guanidine groups is 1. The van der Waals surface area contributed by atoms with Crippen LogP contribution < -0.4 is 16.0 Å². The Bertz CT molecular complexity index is 497. The van der Waals surface area contributed by atoms with Crippen LogP contribution in [0.2, 0.25) is 0 Å². The van der Waals surface area contributed by atoms with Crippen molar-refractivity contribution in [2.75, 3.05) is 25.5 Å². The SMILES string of the molecule is CN=C(NCCNc1ccc([N+](=O)[O-])cc1)NC(C)(C)C.I. The molecule has 0 aromatic heterocycles. The van der Waals surface area contributed by atoms with Gasteiger partial charge in [0, 0.05) is 43.5 Å². The van der Waals surface area contributed by atoms with Crippen molar-refractivity contribution >= 4 is 41.3 Å². The van der Waals surface area contributed by atoms with Crippen LogP contribution in [0.4, 0.5) is 11.4 Å². The number of halogens is 1. The van der Waals surface area contributed by atoms with Crippen LogP contribution in [0, 0.1) is 10.1 Å². The van der Waals surface area contributed by atoms with Crippen LogP contribution in [0.5, 0.6) is 0 Å². The summed E-state index contributed by atoms with van der Waals surface area (Å²) in [6, 6.07) is 6.35. The van der Waals surface area contributed by atoms with E-state index in [2.05, 4.69) is 41.7 Å². The minimum atomic E-state index is -0.409. The van der Waals surface area contributed by atoms with Crippen molar-refractivity contribution in [3.8, 4) is 0 Å². The number of nitro groups is 1. The van der Waals surface area contributed by atoms with Crippen molar-refractivity contribution in [2.24, 2.45) is 4.99 Å². The maximum absolute atomic E-state index is 10.5. The summed E-state index contributed by atoms with van der Waals surface area (Å²) in [7, 11) is 1.73. The van der Waals surface area contributed by atoms with Crippen molar-refractivity contribution < 1.29 is 4.92 Å². The molecule has 0 aliphatic carbocycles. The van der Waals surface area contributed by atoms with E-state index in [1.54, 1.807) is 19.2 Å². The molecule has 7 nitrogen and oxygen atoms in total. The first-order chi connectivity index (χ1) is 9.81. The number of nitro benzene ring substituents is 1. The molecule has 0 saturated heterocycles. The molecule has 124 valence electrons. The highest BCUT2D eigenvalue weighted by molar-refractivity contribution is 14.0. The second-order valence-corrected chi connectivity index (χ2v) is 5.60. The van der Waals surface area contributed by atoms with Crippen LogP contribution >= 0.6 is 24.0 Å². The number of benzene rings is 1. The zero-order valence-electron chi connectivity index (χ0n) is 13.3. The Labute approximate surface area is 148 Å². The van der Waals surface area contributed by atoms with Gasteiger partial charge >= 0.3 is 0 Å². The second-order valence-electron chi connectivity index (χ2n) is 5.60. The number of hydrogen-bond acceptors (Lipinski definition) is 4. The van der Waals surface area contributed by atoms with Crippen LogP contribution in [-0.2, 0) is 0 Å². The lowest BCUT2D eigenvalue weighted by Gasteiger charge is -2.23. The van der Waals surface area contributed by atoms with Gasteiger partial charge in [-0.05, 0) is 32.9 Å². The second kappa shape index (κ2) is 9.44. The Morgan fingerprint density at radius 3 is 2.27 bits per heavy atom. The lowest BCUT2D eigenvalue weighted by molar-refractivity contribution is -0.384. The lowest BCUT2D eigenvalue weighted by Crippen LogP contribution is -2.48. The molecule has 0 saturated carbocycles. The molecule has 0 aliphatic rings. The predicted molar refractivity (Wildman–Crippen MR) is 101 cm³/mol. The van der Waals surface area contributed by atoms with Crippen LogP contribution in [0.3, 0.4) is 0 Å². The van der Waals surface area contributed by atoms with Gasteiger partial charge in [-0.2, -0.15) is 0 Å². The zero-order chi connectivity index (χ0) is 15.9. The Hall–Kier alpha value is -1.58. The molecular formula is C14H24IN5O2. The largest absolute Gasteiger partial charge is 0.383 e. The summed E-state index contributed by atoms with van der Waals surface area (Å²) in [5, 5.41) is 20.2. The fraction of sp³-hybridized carbons (Fsp3) is 0.500. The highest BCUT2D eigenvalue weighted by atomic mass is 127. The number of rotatable bonds is 5. The highest BCUT2D eigenvalue weighted by Crippen LogP contribution is 2.14. The Kier molecular flexibility index (Phi) is 8.76. The van der Waals surface area contributed by atoms with E-state index in [9.17, 15) is 10.1 Å². The first-order valence-corrected chi connectivity index (χ1v) is 6.79. The third-order valence-electron chi connectivity index (χ3n) is 2.54. The van der Waals surface area contributed by atoms with Gasteiger partial charge in [-0.1, -0.05) is 0 Å². The van der Waals surface area contributed by atoms with Gasteiger partial charge in [0.15, 0.2) is 5.96 Å². The molecule has 0 aliphatic heterocycles.